The Morgan fingerprint density at radius 3 is 2.24 bits per heavy atom. The number of rotatable bonds is 2. The fraction of sp³-hybridized carbons (Fsp3) is 0.667. The van der Waals surface area contributed by atoms with E-state index in [0.717, 1.165) is 31.0 Å². The van der Waals surface area contributed by atoms with Gasteiger partial charge in [0.15, 0.2) is 0 Å². The summed E-state index contributed by atoms with van der Waals surface area (Å²) in [5.41, 5.74) is 0.680. The third kappa shape index (κ3) is 4.31. The summed E-state index contributed by atoms with van der Waals surface area (Å²) >= 11 is 0. The third-order valence-corrected chi connectivity index (χ3v) is 3.31. The van der Waals surface area contributed by atoms with Crippen molar-refractivity contribution in [2.75, 3.05) is 31.1 Å². The van der Waals surface area contributed by atoms with E-state index in [-0.39, 0.29) is 6.09 Å². The monoisotopic (exact) mass is 292 g/mol. The number of piperazine rings is 1. The predicted octanol–water partition coefficient (Wildman–Crippen LogP) is 2.10. The summed E-state index contributed by atoms with van der Waals surface area (Å²) in [5, 5.41) is 0. The number of aromatic nitrogens is 2. The van der Waals surface area contributed by atoms with E-state index in [0.29, 0.717) is 13.1 Å². The third-order valence-electron chi connectivity index (χ3n) is 3.31. The lowest BCUT2D eigenvalue weighted by molar-refractivity contribution is 0.0240. The molecule has 0 aliphatic carbocycles. The first-order valence-corrected chi connectivity index (χ1v) is 7.43. The predicted molar refractivity (Wildman–Crippen MR) is 81.4 cm³/mol. The summed E-state index contributed by atoms with van der Waals surface area (Å²) in [4.78, 5) is 24.6. The first-order valence-electron chi connectivity index (χ1n) is 7.43. The van der Waals surface area contributed by atoms with Crippen LogP contribution >= 0.6 is 0 Å². The van der Waals surface area contributed by atoms with Gasteiger partial charge in [-0.25, -0.2) is 14.8 Å². The van der Waals surface area contributed by atoms with E-state index >= 15 is 0 Å². The second-order valence-corrected chi connectivity index (χ2v) is 6.20. The minimum Gasteiger partial charge on any atom is -0.444 e. The standard InChI is InChI=1S/C15H24N4O2/c1-5-12-10-16-13(17-11-12)18-6-8-19(9-7-18)14(20)21-15(2,3)4/h10-11H,5-9H2,1-4H3. The maximum Gasteiger partial charge on any atom is 0.410 e. The summed E-state index contributed by atoms with van der Waals surface area (Å²) in [7, 11) is 0. The quantitative estimate of drug-likeness (QED) is 0.835. The van der Waals surface area contributed by atoms with Crippen LogP contribution in [-0.4, -0.2) is 52.7 Å². The van der Waals surface area contributed by atoms with Crippen molar-refractivity contribution in [3.05, 3.63) is 18.0 Å². The number of nitrogens with zero attached hydrogens (tertiary/aromatic N) is 4. The molecule has 0 radical (unpaired) electrons. The highest BCUT2D eigenvalue weighted by Crippen LogP contribution is 2.14. The topological polar surface area (TPSA) is 58.6 Å². The number of hydrogen-bond donors (Lipinski definition) is 0. The van der Waals surface area contributed by atoms with Gasteiger partial charge < -0.3 is 14.5 Å². The van der Waals surface area contributed by atoms with Crippen molar-refractivity contribution >= 4 is 12.0 Å². The van der Waals surface area contributed by atoms with Gasteiger partial charge in [-0.2, -0.15) is 0 Å². The van der Waals surface area contributed by atoms with E-state index in [2.05, 4.69) is 21.8 Å². The Morgan fingerprint density at radius 2 is 1.76 bits per heavy atom. The molecule has 6 heteroatoms. The Bertz CT molecular complexity index is 473. The number of amides is 1. The molecule has 2 heterocycles. The van der Waals surface area contributed by atoms with Crippen LogP contribution < -0.4 is 4.90 Å². The number of anilines is 1. The molecule has 0 spiro atoms. The highest BCUT2D eigenvalue weighted by molar-refractivity contribution is 5.68. The van der Waals surface area contributed by atoms with Crippen LogP contribution in [0.15, 0.2) is 12.4 Å². The van der Waals surface area contributed by atoms with Gasteiger partial charge in [-0.05, 0) is 32.8 Å². The Balaban J connectivity index is 1.89. The van der Waals surface area contributed by atoms with E-state index in [1.807, 2.05) is 33.2 Å². The lowest BCUT2D eigenvalue weighted by atomic mass is 10.2. The highest BCUT2D eigenvalue weighted by Gasteiger charge is 2.26. The van der Waals surface area contributed by atoms with Crippen LogP contribution in [0.3, 0.4) is 0 Å². The molecule has 1 aromatic heterocycles. The fourth-order valence-corrected chi connectivity index (χ4v) is 2.11. The van der Waals surface area contributed by atoms with Crippen LogP contribution in [0.25, 0.3) is 0 Å². The van der Waals surface area contributed by atoms with E-state index in [4.69, 9.17) is 4.74 Å². The van der Waals surface area contributed by atoms with Crippen LogP contribution in [0, 0.1) is 0 Å². The molecule has 1 aliphatic heterocycles. The minimum absolute atomic E-state index is 0.246. The van der Waals surface area contributed by atoms with E-state index in [1.54, 1.807) is 4.90 Å². The molecule has 0 unspecified atom stereocenters. The molecule has 1 fully saturated rings. The van der Waals surface area contributed by atoms with Crippen molar-refractivity contribution < 1.29 is 9.53 Å². The first-order chi connectivity index (χ1) is 9.89. The molecule has 1 saturated heterocycles. The van der Waals surface area contributed by atoms with Gasteiger partial charge in [0.05, 0.1) is 0 Å². The number of aryl methyl sites for hydroxylation is 1. The molecule has 1 aromatic rings. The molecular weight excluding hydrogens is 268 g/mol. The molecule has 0 atom stereocenters. The molecule has 1 amide bonds. The molecule has 6 nitrogen and oxygen atoms in total. The molecule has 0 bridgehead atoms. The molecule has 2 rings (SSSR count). The van der Waals surface area contributed by atoms with Crippen LogP contribution in [0.2, 0.25) is 0 Å². The van der Waals surface area contributed by atoms with Gasteiger partial charge in [-0.15, -0.1) is 0 Å². The minimum atomic E-state index is -0.451. The highest BCUT2D eigenvalue weighted by atomic mass is 16.6. The van der Waals surface area contributed by atoms with Crippen molar-refractivity contribution in [3.8, 4) is 0 Å². The second kappa shape index (κ2) is 6.28. The van der Waals surface area contributed by atoms with Crippen LogP contribution in [0.5, 0.6) is 0 Å². The number of carbonyl (C=O) groups is 1. The zero-order chi connectivity index (χ0) is 15.5. The number of carbonyl (C=O) groups excluding carboxylic acids is 1. The van der Waals surface area contributed by atoms with Crippen molar-refractivity contribution in [1.82, 2.24) is 14.9 Å². The van der Waals surface area contributed by atoms with Crippen molar-refractivity contribution in [3.63, 3.8) is 0 Å². The normalized spacial score (nSPS) is 16.0. The molecular formula is C15H24N4O2. The Kier molecular flexibility index (Phi) is 4.65. The number of hydrogen-bond acceptors (Lipinski definition) is 5. The first kappa shape index (κ1) is 15.5. The smallest absolute Gasteiger partial charge is 0.410 e. The van der Waals surface area contributed by atoms with Gasteiger partial charge in [0.25, 0.3) is 0 Å². The van der Waals surface area contributed by atoms with Crippen LogP contribution in [-0.2, 0) is 11.2 Å². The van der Waals surface area contributed by atoms with Gasteiger partial charge >= 0.3 is 6.09 Å². The van der Waals surface area contributed by atoms with Crippen LogP contribution in [0.4, 0.5) is 10.7 Å². The fourth-order valence-electron chi connectivity index (χ4n) is 2.11. The van der Waals surface area contributed by atoms with Crippen molar-refractivity contribution in [2.45, 2.75) is 39.7 Å². The van der Waals surface area contributed by atoms with Crippen molar-refractivity contribution in [2.24, 2.45) is 0 Å². The Labute approximate surface area is 126 Å². The van der Waals surface area contributed by atoms with E-state index in [1.165, 1.54) is 0 Å². The summed E-state index contributed by atoms with van der Waals surface area (Å²) < 4.78 is 5.39. The molecule has 0 saturated carbocycles. The summed E-state index contributed by atoms with van der Waals surface area (Å²) in [5.74, 6) is 0.732. The van der Waals surface area contributed by atoms with Gasteiger partial charge in [0.2, 0.25) is 5.95 Å². The van der Waals surface area contributed by atoms with Gasteiger partial charge in [0, 0.05) is 38.6 Å². The summed E-state index contributed by atoms with van der Waals surface area (Å²) in [6, 6.07) is 0. The zero-order valence-electron chi connectivity index (χ0n) is 13.3. The lowest BCUT2D eigenvalue weighted by Crippen LogP contribution is -2.50. The van der Waals surface area contributed by atoms with E-state index in [9.17, 15) is 4.79 Å². The summed E-state index contributed by atoms with van der Waals surface area (Å²) in [6.45, 7) is 10.4. The Morgan fingerprint density at radius 1 is 1.19 bits per heavy atom. The van der Waals surface area contributed by atoms with E-state index < -0.39 is 5.60 Å². The average Bonchev–Trinajstić information content (AvgIpc) is 2.46. The zero-order valence-corrected chi connectivity index (χ0v) is 13.3. The van der Waals surface area contributed by atoms with Crippen molar-refractivity contribution in [1.29, 1.82) is 0 Å². The summed E-state index contributed by atoms with van der Waals surface area (Å²) in [6.07, 6.45) is 4.42. The molecule has 1 aliphatic rings. The molecule has 21 heavy (non-hydrogen) atoms. The SMILES string of the molecule is CCc1cnc(N2CCN(C(=O)OC(C)(C)C)CC2)nc1. The Hall–Kier alpha value is -1.85. The molecule has 0 N–H and O–H groups in total. The van der Waals surface area contributed by atoms with Gasteiger partial charge in [0.1, 0.15) is 5.60 Å². The molecule has 116 valence electrons. The number of ether oxygens (including phenoxy) is 1. The maximum absolute atomic E-state index is 12.0. The van der Waals surface area contributed by atoms with Gasteiger partial charge in [-0.1, -0.05) is 6.92 Å². The molecule has 0 aromatic carbocycles. The van der Waals surface area contributed by atoms with Gasteiger partial charge in [-0.3, -0.25) is 0 Å². The lowest BCUT2D eigenvalue weighted by Gasteiger charge is -2.35. The maximum atomic E-state index is 12.0. The van der Waals surface area contributed by atoms with Crippen LogP contribution in [0.1, 0.15) is 33.3 Å². The largest absolute Gasteiger partial charge is 0.444 e. The average molecular weight is 292 g/mol. The second-order valence-electron chi connectivity index (χ2n) is 6.20.